The number of nitrogens with zero attached hydrogens (tertiary/aromatic N) is 1. The first-order valence-corrected chi connectivity index (χ1v) is 11.7. The van der Waals surface area contributed by atoms with Crippen molar-refractivity contribution in [2.75, 3.05) is 12.0 Å². The second-order valence-electron chi connectivity index (χ2n) is 6.86. The SMILES string of the molecule is CSCC[C@@H](NC(=O)C[C@@H](NC(N)=O)c1cccc(Br)c1)c1nc2ccccc2[nH]1. The number of hydrogen-bond acceptors (Lipinski definition) is 4. The normalized spacial score (nSPS) is 13.0. The Hall–Kier alpha value is -2.52. The number of nitrogens with one attached hydrogen (secondary N) is 3. The Morgan fingerprint density at radius 1 is 1.17 bits per heavy atom. The zero-order valence-electron chi connectivity index (χ0n) is 16.5. The molecule has 0 bridgehead atoms. The number of para-hydroxylation sites is 2. The number of hydrogen-bond donors (Lipinski definition) is 4. The predicted molar refractivity (Wildman–Crippen MR) is 124 cm³/mol. The molecule has 0 radical (unpaired) electrons. The number of fused-ring (bicyclic) bond motifs is 1. The van der Waals surface area contributed by atoms with E-state index in [4.69, 9.17) is 5.73 Å². The molecule has 30 heavy (non-hydrogen) atoms. The molecular formula is C21H24BrN5O2S. The average molecular weight is 490 g/mol. The van der Waals surface area contributed by atoms with E-state index >= 15 is 0 Å². The molecule has 0 saturated carbocycles. The minimum Gasteiger partial charge on any atom is -0.352 e. The van der Waals surface area contributed by atoms with Gasteiger partial charge in [-0.2, -0.15) is 11.8 Å². The van der Waals surface area contributed by atoms with Gasteiger partial charge in [-0.15, -0.1) is 0 Å². The van der Waals surface area contributed by atoms with E-state index in [1.807, 2.05) is 54.8 Å². The molecule has 0 aliphatic rings. The summed E-state index contributed by atoms with van der Waals surface area (Å²) < 4.78 is 0.858. The third-order valence-electron chi connectivity index (χ3n) is 4.64. The summed E-state index contributed by atoms with van der Waals surface area (Å²) in [5.74, 6) is 1.40. The highest BCUT2D eigenvalue weighted by molar-refractivity contribution is 9.10. The Balaban J connectivity index is 1.77. The van der Waals surface area contributed by atoms with Gasteiger partial charge in [0.15, 0.2) is 0 Å². The number of aromatic amines is 1. The molecule has 0 unspecified atom stereocenters. The van der Waals surface area contributed by atoms with Crippen molar-refractivity contribution in [3.63, 3.8) is 0 Å². The van der Waals surface area contributed by atoms with Crippen LogP contribution in [0.5, 0.6) is 0 Å². The van der Waals surface area contributed by atoms with E-state index in [9.17, 15) is 9.59 Å². The summed E-state index contributed by atoms with van der Waals surface area (Å²) in [4.78, 5) is 32.3. The van der Waals surface area contributed by atoms with Gasteiger partial charge in [0.05, 0.1) is 29.5 Å². The van der Waals surface area contributed by atoms with Gasteiger partial charge in [0.2, 0.25) is 5.91 Å². The molecule has 158 valence electrons. The van der Waals surface area contributed by atoms with Crippen LogP contribution >= 0.6 is 27.7 Å². The summed E-state index contributed by atoms with van der Waals surface area (Å²) in [7, 11) is 0. The maximum Gasteiger partial charge on any atom is 0.312 e. The lowest BCUT2D eigenvalue weighted by Gasteiger charge is -2.21. The molecule has 2 aromatic carbocycles. The fourth-order valence-electron chi connectivity index (χ4n) is 3.24. The Morgan fingerprint density at radius 3 is 2.67 bits per heavy atom. The standard InChI is InChI=1S/C21H24BrN5O2S/c1-30-10-9-17(20-25-15-7-2-3-8-16(15)26-20)24-19(28)12-18(27-21(23)29)13-5-4-6-14(22)11-13/h2-8,11,17-18H,9-10,12H2,1H3,(H,24,28)(H,25,26)(H3,23,27,29)/t17-,18-/m1/s1. The van der Waals surface area contributed by atoms with Crippen LogP contribution in [0.15, 0.2) is 53.0 Å². The Bertz CT molecular complexity index is 992. The van der Waals surface area contributed by atoms with Crippen LogP contribution in [0, 0.1) is 0 Å². The second-order valence-corrected chi connectivity index (χ2v) is 8.76. The van der Waals surface area contributed by atoms with Gasteiger partial charge in [0.25, 0.3) is 0 Å². The summed E-state index contributed by atoms with van der Waals surface area (Å²) in [5.41, 5.74) is 7.92. The summed E-state index contributed by atoms with van der Waals surface area (Å²) in [6.45, 7) is 0. The molecule has 0 fully saturated rings. The number of halogens is 1. The molecule has 1 aromatic heterocycles. The number of primary amides is 1. The zero-order valence-corrected chi connectivity index (χ0v) is 18.9. The third-order valence-corrected chi connectivity index (χ3v) is 5.78. The van der Waals surface area contributed by atoms with Gasteiger partial charge in [0, 0.05) is 4.47 Å². The molecular weight excluding hydrogens is 466 g/mol. The lowest BCUT2D eigenvalue weighted by atomic mass is 10.0. The zero-order chi connectivity index (χ0) is 21.5. The maximum absolute atomic E-state index is 12.9. The highest BCUT2D eigenvalue weighted by Gasteiger charge is 2.22. The minimum absolute atomic E-state index is 0.0649. The smallest absolute Gasteiger partial charge is 0.312 e. The van der Waals surface area contributed by atoms with Crippen molar-refractivity contribution < 1.29 is 9.59 Å². The van der Waals surface area contributed by atoms with Crippen LogP contribution in [0.25, 0.3) is 11.0 Å². The summed E-state index contributed by atoms with van der Waals surface area (Å²) in [6, 6.07) is 13.7. The number of rotatable bonds is 9. The molecule has 2 atom stereocenters. The summed E-state index contributed by atoms with van der Waals surface area (Å²) in [5, 5.41) is 5.73. The molecule has 1 heterocycles. The number of thioether (sulfide) groups is 1. The maximum atomic E-state index is 12.9. The predicted octanol–water partition coefficient (Wildman–Crippen LogP) is 4.04. The average Bonchev–Trinajstić information content (AvgIpc) is 3.14. The number of carbonyl (C=O) groups is 2. The molecule has 0 aliphatic carbocycles. The van der Waals surface area contributed by atoms with Crippen molar-refractivity contribution in [2.45, 2.75) is 24.9 Å². The molecule has 3 aromatic rings. The first-order valence-electron chi connectivity index (χ1n) is 9.50. The van der Waals surface area contributed by atoms with E-state index in [1.165, 1.54) is 0 Å². The molecule has 0 spiro atoms. The van der Waals surface area contributed by atoms with Crippen molar-refractivity contribution in [3.05, 3.63) is 64.4 Å². The van der Waals surface area contributed by atoms with Gasteiger partial charge in [-0.25, -0.2) is 9.78 Å². The third kappa shape index (κ3) is 5.99. The molecule has 9 heteroatoms. The Labute approximate surface area is 187 Å². The van der Waals surface area contributed by atoms with E-state index in [2.05, 4.69) is 36.5 Å². The van der Waals surface area contributed by atoms with Crippen LogP contribution in [-0.2, 0) is 4.79 Å². The fourth-order valence-corrected chi connectivity index (χ4v) is 4.12. The number of urea groups is 1. The van der Waals surface area contributed by atoms with E-state index in [-0.39, 0.29) is 18.4 Å². The van der Waals surface area contributed by atoms with Gasteiger partial charge >= 0.3 is 6.03 Å². The van der Waals surface area contributed by atoms with Gasteiger partial charge in [-0.1, -0.05) is 40.2 Å². The van der Waals surface area contributed by atoms with Gasteiger partial charge in [-0.3, -0.25) is 4.79 Å². The number of amides is 3. The number of H-pyrrole nitrogens is 1. The largest absolute Gasteiger partial charge is 0.352 e. The quantitative estimate of drug-likeness (QED) is 0.363. The molecule has 0 aliphatic heterocycles. The highest BCUT2D eigenvalue weighted by atomic mass is 79.9. The van der Waals surface area contributed by atoms with Crippen LogP contribution in [0.4, 0.5) is 4.79 Å². The monoisotopic (exact) mass is 489 g/mol. The fraction of sp³-hybridized carbons (Fsp3) is 0.286. The van der Waals surface area contributed by atoms with Crippen LogP contribution in [0.2, 0.25) is 0 Å². The number of imidazole rings is 1. The minimum atomic E-state index is -0.677. The van der Waals surface area contributed by atoms with Crippen LogP contribution < -0.4 is 16.4 Å². The highest BCUT2D eigenvalue weighted by Crippen LogP contribution is 2.23. The Morgan fingerprint density at radius 2 is 1.97 bits per heavy atom. The molecule has 5 N–H and O–H groups in total. The van der Waals surface area contributed by atoms with E-state index in [0.29, 0.717) is 0 Å². The van der Waals surface area contributed by atoms with E-state index in [1.54, 1.807) is 11.8 Å². The molecule has 3 amide bonds. The number of nitrogens with two attached hydrogens (primary N) is 1. The van der Waals surface area contributed by atoms with Crippen LogP contribution in [-0.4, -0.2) is 33.9 Å². The molecule has 0 saturated heterocycles. The first kappa shape index (κ1) is 22.2. The summed E-state index contributed by atoms with van der Waals surface area (Å²) in [6.07, 6.45) is 2.82. The van der Waals surface area contributed by atoms with Gasteiger partial charge < -0.3 is 21.4 Å². The first-order chi connectivity index (χ1) is 14.5. The number of benzene rings is 2. The van der Waals surface area contributed by atoms with E-state index in [0.717, 1.165) is 39.1 Å². The van der Waals surface area contributed by atoms with E-state index < -0.39 is 12.1 Å². The lowest BCUT2D eigenvalue weighted by Crippen LogP contribution is -2.37. The van der Waals surface area contributed by atoms with Crippen LogP contribution in [0.3, 0.4) is 0 Å². The molecule has 3 rings (SSSR count). The van der Waals surface area contributed by atoms with Crippen molar-refractivity contribution >= 4 is 50.7 Å². The van der Waals surface area contributed by atoms with Gasteiger partial charge in [0.1, 0.15) is 5.82 Å². The Kier molecular flexibility index (Phi) is 7.75. The topological polar surface area (TPSA) is 113 Å². The van der Waals surface area contributed by atoms with Gasteiger partial charge in [-0.05, 0) is 48.3 Å². The lowest BCUT2D eigenvalue weighted by molar-refractivity contribution is -0.122. The van der Waals surface area contributed by atoms with Crippen LogP contribution in [0.1, 0.15) is 36.3 Å². The van der Waals surface area contributed by atoms with Crippen molar-refractivity contribution in [1.82, 2.24) is 20.6 Å². The number of aromatic nitrogens is 2. The second kappa shape index (κ2) is 10.5. The summed E-state index contributed by atoms with van der Waals surface area (Å²) >= 11 is 5.13. The number of carbonyl (C=O) groups excluding carboxylic acids is 2. The molecule has 7 nitrogen and oxygen atoms in total. The van der Waals surface area contributed by atoms with Crippen molar-refractivity contribution in [1.29, 1.82) is 0 Å². The van der Waals surface area contributed by atoms with Crippen molar-refractivity contribution in [2.24, 2.45) is 5.73 Å². The van der Waals surface area contributed by atoms with Crippen molar-refractivity contribution in [3.8, 4) is 0 Å².